The zero-order valence-corrected chi connectivity index (χ0v) is 28.0. The Hall–Kier alpha value is -4.88. The Balaban J connectivity index is 1.19. The second-order valence-corrected chi connectivity index (χ2v) is 14.5. The molecule has 0 aliphatic carbocycles. The lowest BCUT2D eigenvalue weighted by molar-refractivity contribution is 0.0950. The number of hydrogen-bond acceptors (Lipinski definition) is 6. The van der Waals surface area contributed by atoms with Gasteiger partial charge in [0.25, 0.3) is 5.91 Å². The topological polar surface area (TPSA) is 147 Å². The van der Waals surface area contributed by atoms with Gasteiger partial charge in [0.05, 0.1) is 31.7 Å². The van der Waals surface area contributed by atoms with Crippen LogP contribution in [0.5, 0.6) is 0 Å². The second-order valence-electron chi connectivity index (χ2n) is 11.7. The number of carbonyl (C=O) groups is 1. The minimum atomic E-state index is -3.71. The number of aromatic amines is 2. The molecule has 9 nitrogen and oxygen atoms in total. The SMILES string of the molecule is CS(=O)(=O)c1cc(Cc2cc(C(=O)NCc3cc4c(Cl)c[nH]c4cc3F)ccn2)cc2cc(-c3[nH]c4cc(F)c(CN)cc4c3Cl)cnc12. The lowest BCUT2D eigenvalue weighted by atomic mass is 10.0. The highest BCUT2D eigenvalue weighted by atomic mass is 35.5. The molecule has 4 aromatic heterocycles. The number of nitrogens with zero attached hydrogens (tertiary/aromatic N) is 2. The number of aromatic nitrogens is 4. The lowest BCUT2D eigenvalue weighted by Crippen LogP contribution is -2.23. The number of nitrogens with one attached hydrogen (secondary N) is 3. The van der Waals surface area contributed by atoms with Crippen LogP contribution < -0.4 is 11.1 Å². The first-order valence-electron chi connectivity index (χ1n) is 14.9. The highest BCUT2D eigenvalue weighted by molar-refractivity contribution is 7.91. The average Bonchev–Trinajstić information content (AvgIpc) is 3.59. The standard InChI is InChI=1S/C35H26Cl2F2N6O3S/c1-49(47,48)31-6-17(4-19-7-22(15-43-33(19)31)34-32(37)25-9-20(13-40)27(38)12-30(25)45-34)5-23-8-18(2-3-41-23)35(46)44-14-21-10-24-26(36)16-42-29(24)11-28(21)39/h2-4,6-12,15-16,42,45H,5,13-14,40H2,1H3,(H,44,46). The van der Waals surface area contributed by atoms with Crippen LogP contribution in [0.25, 0.3) is 44.0 Å². The van der Waals surface area contributed by atoms with Gasteiger partial charge < -0.3 is 21.0 Å². The van der Waals surface area contributed by atoms with Gasteiger partial charge in [0.2, 0.25) is 0 Å². The van der Waals surface area contributed by atoms with Crippen LogP contribution in [0.15, 0.2) is 78.1 Å². The maximum atomic E-state index is 14.7. The number of H-pyrrole nitrogens is 2. The Morgan fingerprint density at radius 3 is 2.49 bits per heavy atom. The molecule has 0 bridgehead atoms. The van der Waals surface area contributed by atoms with E-state index in [0.717, 1.165) is 6.26 Å². The van der Waals surface area contributed by atoms with E-state index in [1.807, 2.05) is 0 Å². The number of amides is 1. The third kappa shape index (κ3) is 6.24. The first-order chi connectivity index (χ1) is 23.4. The highest BCUT2D eigenvalue weighted by Crippen LogP contribution is 2.37. The van der Waals surface area contributed by atoms with Crippen LogP contribution in [0, 0.1) is 11.6 Å². The molecule has 3 aromatic carbocycles. The van der Waals surface area contributed by atoms with Gasteiger partial charge in [-0.1, -0.05) is 23.2 Å². The van der Waals surface area contributed by atoms with Gasteiger partial charge in [-0.05, 0) is 60.2 Å². The lowest BCUT2D eigenvalue weighted by Gasteiger charge is -2.11. The summed E-state index contributed by atoms with van der Waals surface area (Å²) in [6, 6.07) is 14.1. The molecule has 0 saturated heterocycles. The number of halogens is 4. The van der Waals surface area contributed by atoms with Crippen LogP contribution in [-0.2, 0) is 29.3 Å². The number of pyridine rings is 2. The molecule has 0 unspecified atom stereocenters. The molecule has 0 radical (unpaired) electrons. The number of hydrogen-bond donors (Lipinski definition) is 4. The minimum absolute atomic E-state index is 0.0105. The zero-order valence-electron chi connectivity index (χ0n) is 25.7. The zero-order chi connectivity index (χ0) is 34.6. The van der Waals surface area contributed by atoms with Crippen molar-refractivity contribution in [3.63, 3.8) is 0 Å². The summed E-state index contributed by atoms with van der Waals surface area (Å²) in [5.41, 5.74) is 10.0. The molecule has 7 aromatic rings. The molecule has 7 rings (SSSR count). The van der Waals surface area contributed by atoms with Gasteiger partial charge in [0.15, 0.2) is 9.84 Å². The summed E-state index contributed by atoms with van der Waals surface area (Å²) in [7, 11) is -3.71. The second kappa shape index (κ2) is 12.5. The van der Waals surface area contributed by atoms with Gasteiger partial charge in [-0.3, -0.25) is 14.8 Å². The van der Waals surface area contributed by atoms with Crippen molar-refractivity contribution in [3.8, 4) is 11.3 Å². The van der Waals surface area contributed by atoms with Crippen LogP contribution in [0.3, 0.4) is 0 Å². The van der Waals surface area contributed by atoms with Gasteiger partial charge in [0.1, 0.15) is 11.6 Å². The molecule has 0 aliphatic rings. The summed E-state index contributed by atoms with van der Waals surface area (Å²) in [5.74, 6) is -1.39. The van der Waals surface area contributed by atoms with Crippen molar-refractivity contribution in [2.45, 2.75) is 24.4 Å². The van der Waals surface area contributed by atoms with Crippen LogP contribution in [0.1, 0.15) is 32.7 Å². The number of rotatable bonds is 8. The van der Waals surface area contributed by atoms with Gasteiger partial charge >= 0.3 is 0 Å². The molecule has 0 atom stereocenters. The maximum absolute atomic E-state index is 14.7. The fourth-order valence-corrected chi connectivity index (χ4v) is 7.28. The maximum Gasteiger partial charge on any atom is 0.251 e. The Labute approximate surface area is 288 Å². The van der Waals surface area contributed by atoms with Crippen molar-refractivity contribution < 1.29 is 22.0 Å². The number of carbonyl (C=O) groups excluding carboxylic acids is 1. The van der Waals surface area contributed by atoms with Gasteiger partial charge in [-0.15, -0.1) is 0 Å². The summed E-state index contributed by atoms with van der Waals surface area (Å²) in [6.45, 7) is -0.0580. The summed E-state index contributed by atoms with van der Waals surface area (Å²) in [4.78, 5) is 28.0. The van der Waals surface area contributed by atoms with Gasteiger partial charge in [-0.2, -0.15) is 0 Å². The van der Waals surface area contributed by atoms with Gasteiger partial charge in [-0.25, -0.2) is 17.2 Å². The molecule has 248 valence electrons. The van der Waals surface area contributed by atoms with Crippen molar-refractivity contribution in [3.05, 3.63) is 123 Å². The molecule has 14 heteroatoms. The Bertz CT molecular complexity index is 2590. The Morgan fingerprint density at radius 2 is 1.71 bits per heavy atom. The number of benzene rings is 3. The first kappa shape index (κ1) is 32.7. The summed E-state index contributed by atoms with van der Waals surface area (Å²) < 4.78 is 54.9. The van der Waals surface area contributed by atoms with E-state index < -0.39 is 27.4 Å². The molecule has 5 N–H and O–H groups in total. The van der Waals surface area contributed by atoms with Crippen LogP contribution in [0.4, 0.5) is 8.78 Å². The van der Waals surface area contributed by atoms with Crippen molar-refractivity contribution in [2.24, 2.45) is 5.73 Å². The molecule has 0 saturated carbocycles. The third-order valence-corrected chi connectivity index (χ3v) is 10.1. The molecule has 0 spiro atoms. The van der Waals surface area contributed by atoms with Crippen LogP contribution in [-0.4, -0.2) is 40.5 Å². The quantitative estimate of drug-likeness (QED) is 0.130. The number of nitrogens with two attached hydrogens (primary N) is 1. The molecule has 49 heavy (non-hydrogen) atoms. The van der Waals surface area contributed by atoms with Crippen molar-refractivity contribution in [2.75, 3.05) is 6.26 Å². The van der Waals surface area contributed by atoms with Gasteiger partial charge in [0, 0.05) is 94.0 Å². The summed E-state index contributed by atoms with van der Waals surface area (Å²) in [6.07, 6.45) is 5.85. The van der Waals surface area contributed by atoms with E-state index in [-0.39, 0.29) is 35.5 Å². The molecular weight excluding hydrogens is 693 g/mol. The van der Waals surface area contributed by atoms with E-state index >= 15 is 0 Å². The fourth-order valence-electron chi connectivity index (χ4n) is 5.87. The molecular formula is C35H26Cl2F2N6O3S. The molecule has 0 fully saturated rings. The van der Waals surface area contributed by atoms with Crippen LogP contribution >= 0.6 is 23.2 Å². The molecule has 1 amide bonds. The average molecular weight is 720 g/mol. The fraction of sp³-hybridized carbons (Fsp3) is 0.114. The Kier molecular flexibility index (Phi) is 8.35. The smallest absolute Gasteiger partial charge is 0.251 e. The summed E-state index contributed by atoms with van der Waals surface area (Å²) >= 11 is 12.9. The van der Waals surface area contributed by atoms with Crippen molar-refractivity contribution >= 4 is 71.7 Å². The number of sulfone groups is 1. The third-order valence-electron chi connectivity index (χ3n) is 8.32. The predicted octanol–water partition coefficient (Wildman–Crippen LogP) is 7.23. The van der Waals surface area contributed by atoms with E-state index in [9.17, 15) is 22.0 Å². The number of fused-ring (bicyclic) bond motifs is 3. The molecule has 4 heterocycles. The van der Waals surface area contributed by atoms with E-state index in [1.165, 1.54) is 36.7 Å². The predicted molar refractivity (Wildman–Crippen MR) is 186 cm³/mol. The monoisotopic (exact) mass is 718 g/mol. The van der Waals surface area contributed by atoms with Crippen molar-refractivity contribution in [1.29, 1.82) is 0 Å². The van der Waals surface area contributed by atoms with Crippen molar-refractivity contribution in [1.82, 2.24) is 25.3 Å². The van der Waals surface area contributed by atoms with E-state index in [1.54, 1.807) is 36.5 Å². The van der Waals surface area contributed by atoms with E-state index in [2.05, 4.69) is 25.3 Å². The highest BCUT2D eigenvalue weighted by Gasteiger charge is 2.20. The largest absolute Gasteiger partial charge is 0.360 e. The molecule has 0 aliphatic heterocycles. The van der Waals surface area contributed by atoms with E-state index in [4.69, 9.17) is 28.9 Å². The minimum Gasteiger partial charge on any atom is -0.360 e. The normalized spacial score (nSPS) is 12.0. The van der Waals surface area contributed by atoms with E-state index in [0.29, 0.717) is 70.9 Å². The van der Waals surface area contributed by atoms with Crippen LogP contribution in [0.2, 0.25) is 10.0 Å². The first-order valence-corrected chi connectivity index (χ1v) is 17.5. The Morgan fingerprint density at radius 1 is 0.959 bits per heavy atom. The summed E-state index contributed by atoms with van der Waals surface area (Å²) in [5, 5.41) is 5.29.